The average molecular weight is 254 g/mol. The van der Waals surface area contributed by atoms with E-state index in [2.05, 4.69) is 37.5 Å². The molecule has 0 aliphatic rings. The highest BCUT2D eigenvalue weighted by Gasteiger charge is 1.95. The maximum absolute atomic E-state index is 3.52. The number of hydrogen-bond acceptors (Lipinski definition) is 2. The van der Waals surface area contributed by atoms with E-state index >= 15 is 0 Å². The van der Waals surface area contributed by atoms with Crippen molar-refractivity contribution < 1.29 is 0 Å². The summed E-state index contributed by atoms with van der Waals surface area (Å²) in [7, 11) is 0. The minimum atomic E-state index is 1.09. The van der Waals surface area contributed by atoms with Gasteiger partial charge in [-0.15, -0.1) is 0 Å². The molecule has 0 unspecified atom stereocenters. The molecule has 0 atom stereocenters. The third kappa shape index (κ3) is 11.8. The fourth-order valence-corrected chi connectivity index (χ4v) is 1.82. The van der Waals surface area contributed by atoms with Crippen molar-refractivity contribution >= 4 is 0 Å². The van der Waals surface area contributed by atoms with Crippen molar-refractivity contribution in [3.63, 3.8) is 0 Å². The van der Waals surface area contributed by atoms with Crippen molar-refractivity contribution in [1.29, 1.82) is 0 Å². The lowest BCUT2D eigenvalue weighted by Gasteiger charge is -2.13. The summed E-state index contributed by atoms with van der Waals surface area (Å²) in [5.41, 5.74) is 0. The summed E-state index contributed by atoms with van der Waals surface area (Å²) in [4.78, 5) is 0. The molecule has 0 rings (SSSR count). The predicted molar refractivity (Wildman–Crippen MR) is 82.7 cm³/mol. The molecule has 0 heterocycles. The van der Waals surface area contributed by atoms with Crippen LogP contribution in [0.5, 0.6) is 0 Å². The maximum atomic E-state index is 3.52. The lowest BCUT2D eigenvalue weighted by Crippen LogP contribution is -2.28. The van der Waals surface area contributed by atoms with Crippen LogP contribution in [-0.2, 0) is 0 Å². The highest BCUT2D eigenvalue weighted by molar-refractivity contribution is 4.96. The molecule has 2 nitrogen and oxygen atoms in total. The van der Waals surface area contributed by atoms with E-state index in [0.29, 0.717) is 0 Å². The second kappa shape index (κ2) is 14.4. The molecule has 0 aromatic rings. The van der Waals surface area contributed by atoms with Gasteiger partial charge < -0.3 is 10.6 Å². The fraction of sp³-hybridized carbons (Fsp3) is 0.875. The van der Waals surface area contributed by atoms with Gasteiger partial charge in [-0.2, -0.15) is 0 Å². The topological polar surface area (TPSA) is 24.1 Å². The summed E-state index contributed by atoms with van der Waals surface area (Å²) < 4.78 is 0. The largest absolute Gasteiger partial charge is 0.372 e. The Hall–Kier alpha value is -0.660. The van der Waals surface area contributed by atoms with E-state index in [-0.39, 0.29) is 0 Å². The number of hydrogen-bond donors (Lipinski definition) is 2. The second-order valence-corrected chi connectivity index (χ2v) is 5.03. The van der Waals surface area contributed by atoms with E-state index in [1.165, 1.54) is 63.6 Å². The number of allylic oxidation sites excluding steroid dienone is 1. The first-order valence-corrected chi connectivity index (χ1v) is 8.03. The fourth-order valence-electron chi connectivity index (χ4n) is 1.82. The molecule has 0 radical (unpaired) electrons. The molecule has 0 aliphatic carbocycles. The van der Waals surface area contributed by atoms with E-state index in [9.17, 15) is 0 Å². The van der Waals surface area contributed by atoms with Crippen LogP contribution < -0.4 is 10.6 Å². The molecular formula is C16H34N2. The van der Waals surface area contributed by atoms with Gasteiger partial charge in [0.15, 0.2) is 0 Å². The molecule has 0 saturated heterocycles. The Labute approximate surface area is 115 Å². The SMILES string of the molecule is CCCCCCC=C(NCCCC)NCCCC. The number of rotatable bonds is 13. The summed E-state index contributed by atoms with van der Waals surface area (Å²) in [6.07, 6.45) is 13.9. The molecule has 0 saturated carbocycles. The van der Waals surface area contributed by atoms with Crippen LogP contribution in [0.2, 0.25) is 0 Å². The first-order chi connectivity index (χ1) is 8.85. The minimum Gasteiger partial charge on any atom is -0.372 e. The Bertz CT molecular complexity index is 176. The Balaban J connectivity index is 3.81. The van der Waals surface area contributed by atoms with Gasteiger partial charge in [0.05, 0.1) is 5.82 Å². The second-order valence-electron chi connectivity index (χ2n) is 5.03. The molecule has 0 aliphatic heterocycles. The molecule has 0 amide bonds. The van der Waals surface area contributed by atoms with E-state index in [1.54, 1.807) is 0 Å². The molecular weight excluding hydrogens is 220 g/mol. The summed E-state index contributed by atoms with van der Waals surface area (Å²) in [6.45, 7) is 8.92. The zero-order chi connectivity index (χ0) is 13.5. The van der Waals surface area contributed by atoms with Crippen LogP contribution in [0.1, 0.15) is 78.6 Å². The molecule has 108 valence electrons. The number of nitrogens with one attached hydrogen (secondary N) is 2. The average Bonchev–Trinajstić information content (AvgIpc) is 2.38. The van der Waals surface area contributed by atoms with Gasteiger partial charge in [-0.05, 0) is 31.8 Å². The van der Waals surface area contributed by atoms with E-state index in [4.69, 9.17) is 0 Å². The minimum absolute atomic E-state index is 1.09. The van der Waals surface area contributed by atoms with E-state index < -0.39 is 0 Å². The molecule has 2 N–H and O–H groups in total. The van der Waals surface area contributed by atoms with E-state index in [1.807, 2.05) is 0 Å². The van der Waals surface area contributed by atoms with Crippen LogP contribution >= 0.6 is 0 Å². The van der Waals surface area contributed by atoms with Crippen LogP contribution in [0.25, 0.3) is 0 Å². The Morgan fingerprint density at radius 3 is 1.78 bits per heavy atom. The predicted octanol–water partition coefficient (Wildman–Crippen LogP) is 4.58. The lowest BCUT2D eigenvalue weighted by atomic mass is 10.1. The van der Waals surface area contributed by atoms with Crippen molar-refractivity contribution in [2.24, 2.45) is 0 Å². The first-order valence-electron chi connectivity index (χ1n) is 8.03. The molecule has 0 aromatic heterocycles. The standard InChI is InChI=1S/C16H34N2/c1-4-7-10-11-12-13-16(17-14-8-5-2)18-15-9-6-3/h13,17-18H,4-12,14-15H2,1-3H3. The van der Waals surface area contributed by atoms with Gasteiger partial charge in [0.1, 0.15) is 0 Å². The normalized spacial score (nSPS) is 10.2. The van der Waals surface area contributed by atoms with Gasteiger partial charge >= 0.3 is 0 Å². The highest BCUT2D eigenvalue weighted by atomic mass is 15.1. The zero-order valence-electron chi connectivity index (χ0n) is 12.9. The third-order valence-electron chi connectivity index (χ3n) is 3.10. The van der Waals surface area contributed by atoms with Crippen molar-refractivity contribution in [2.75, 3.05) is 13.1 Å². The highest BCUT2D eigenvalue weighted by Crippen LogP contribution is 2.04. The van der Waals surface area contributed by atoms with Gasteiger partial charge in [-0.1, -0.05) is 52.9 Å². The monoisotopic (exact) mass is 254 g/mol. The molecule has 0 spiro atoms. The summed E-state index contributed by atoms with van der Waals surface area (Å²) in [5.74, 6) is 1.26. The molecule has 0 aromatic carbocycles. The molecule has 18 heavy (non-hydrogen) atoms. The molecule has 0 fully saturated rings. The van der Waals surface area contributed by atoms with Crippen molar-refractivity contribution in [3.05, 3.63) is 11.9 Å². The van der Waals surface area contributed by atoms with Crippen LogP contribution in [0.3, 0.4) is 0 Å². The van der Waals surface area contributed by atoms with Gasteiger partial charge in [-0.3, -0.25) is 0 Å². The smallest absolute Gasteiger partial charge is 0.0945 e. The van der Waals surface area contributed by atoms with Gasteiger partial charge in [0, 0.05) is 13.1 Å². The van der Waals surface area contributed by atoms with Gasteiger partial charge in [0.2, 0.25) is 0 Å². The maximum Gasteiger partial charge on any atom is 0.0945 e. The number of unbranched alkanes of at least 4 members (excludes halogenated alkanes) is 6. The summed E-state index contributed by atoms with van der Waals surface area (Å²) in [5, 5.41) is 7.04. The quantitative estimate of drug-likeness (QED) is 0.470. The molecule has 0 bridgehead atoms. The van der Waals surface area contributed by atoms with E-state index in [0.717, 1.165) is 13.1 Å². The van der Waals surface area contributed by atoms with Crippen LogP contribution in [0.15, 0.2) is 11.9 Å². The van der Waals surface area contributed by atoms with Crippen molar-refractivity contribution in [3.8, 4) is 0 Å². The van der Waals surface area contributed by atoms with Crippen LogP contribution in [-0.4, -0.2) is 13.1 Å². The first kappa shape index (κ1) is 17.3. The third-order valence-corrected chi connectivity index (χ3v) is 3.10. The Kier molecular flexibility index (Phi) is 13.9. The Morgan fingerprint density at radius 2 is 1.28 bits per heavy atom. The van der Waals surface area contributed by atoms with Crippen LogP contribution in [0.4, 0.5) is 0 Å². The van der Waals surface area contributed by atoms with Crippen molar-refractivity contribution in [2.45, 2.75) is 78.6 Å². The zero-order valence-corrected chi connectivity index (χ0v) is 12.9. The lowest BCUT2D eigenvalue weighted by molar-refractivity contribution is 0.616. The molecule has 2 heteroatoms. The van der Waals surface area contributed by atoms with Crippen molar-refractivity contribution in [1.82, 2.24) is 10.6 Å². The van der Waals surface area contributed by atoms with Gasteiger partial charge in [0.25, 0.3) is 0 Å². The Morgan fingerprint density at radius 1 is 0.722 bits per heavy atom. The summed E-state index contributed by atoms with van der Waals surface area (Å²) in [6, 6.07) is 0. The summed E-state index contributed by atoms with van der Waals surface area (Å²) >= 11 is 0. The van der Waals surface area contributed by atoms with Crippen LogP contribution in [0, 0.1) is 0 Å². The van der Waals surface area contributed by atoms with Gasteiger partial charge in [-0.25, -0.2) is 0 Å².